The maximum Gasteiger partial charge on any atom is 0.416 e. The number of aryl methyl sites for hydroxylation is 1. The molecule has 0 aliphatic carbocycles. The molecule has 0 aromatic heterocycles. The van der Waals surface area contributed by atoms with Crippen LogP contribution in [0.3, 0.4) is 0 Å². The van der Waals surface area contributed by atoms with Gasteiger partial charge in [0.1, 0.15) is 6.04 Å². The number of nitrogens with zero attached hydrogens (tertiary/aromatic N) is 2. The summed E-state index contributed by atoms with van der Waals surface area (Å²) in [5, 5.41) is 2.87. The molecular weight excluding hydrogens is 614 g/mol. The second kappa shape index (κ2) is 11.6. The SMILES string of the molecule is O=C(CC1C(=O)N(c2cccc(C(F)(F)F)c2)C(=S)N1CCCc1ccccc1)Nc1ccc(I)cc1. The van der Waals surface area contributed by atoms with Gasteiger partial charge in [-0.3, -0.25) is 14.5 Å². The minimum Gasteiger partial charge on any atom is -0.336 e. The lowest BCUT2D eigenvalue weighted by atomic mass is 10.1. The van der Waals surface area contributed by atoms with Crippen LogP contribution in [0.4, 0.5) is 24.5 Å². The Morgan fingerprint density at radius 1 is 1.00 bits per heavy atom. The van der Waals surface area contributed by atoms with Gasteiger partial charge >= 0.3 is 6.18 Å². The highest BCUT2D eigenvalue weighted by atomic mass is 127. The van der Waals surface area contributed by atoms with Gasteiger partial charge in [-0.05, 0) is 95.7 Å². The van der Waals surface area contributed by atoms with Gasteiger partial charge in [-0.15, -0.1) is 0 Å². The van der Waals surface area contributed by atoms with Crippen molar-refractivity contribution in [2.75, 3.05) is 16.8 Å². The second-order valence-corrected chi connectivity index (χ2v) is 10.2. The standard InChI is InChI=1S/C27H23F3IN3O2S/c28-27(29,30)19-9-4-10-22(16-19)34-25(36)23(17-24(35)32-21-13-11-20(31)12-14-21)33(26(34)37)15-5-8-18-6-2-1-3-7-18/h1-4,6-7,9-14,16,23H,5,8,15,17H2,(H,32,35). The van der Waals surface area contributed by atoms with Crippen molar-refractivity contribution in [1.29, 1.82) is 0 Å². The van der Waals surface area contributed by atoms with Crippen molar-refractivity contribution < 1.29 is 22.8 Å². The first kappa shape index (κ1) is 27.1. The summed E-state index contributed by atoms with van der Waals surface area (Å²) in [6, 6.07) is 20.6. The molecule has 4 rings (SSSR count). The monoisotopic (exact) mass is 637 g/mol. The van der Waals surface area contributed by atoms with Gasteiger partial charge in [0.25, 0.3) is 5.91 Å². The van der Waals surface area contributed by atoms with Crippen molar-refractivity contribution in [3.63, 3.8) is 0 Å². The molecule has 0 saturated carbocycles. The number of thiocarbonyl (C=S) groups is 1. The van der Waals surface area contributed by atoms with Crippen LogP contribution in [-0.2, 0) is 22.2 Å². The van der Waals surface area contributed by atoms with E-state index in [0.717, 1.165) is 32.6 Å². The zero-order valence-electron chi connectivity index (χ0n) is 19.5. The highest BCUT2D eigenvalue weighted by molar-refractivity contribution is 14.1. The fraction of sp³-hybridized carbons (Fsp3) is 0.222. The Kier molecular flexibility index (Phi) is 8.48. The van der Waals surface area contributed by atoms with Crippen molar-refractivity contribution in [2.24, 2.45) is 0 Å². The van der Waals surface area contributed by atoms with E-state index in [2.05, 4.69) is 27.9 Å². The smallest absolute Gasteiger partial charge is 0.336 e. The fourth-order valence-electron chi connectivity index (χ4n) is 4.17. The van der Waals surface area contributed by atoms with Crippen molar-refractivity contribution >= 4 is 63.1 Å². The van der Waals surface area contributed by atoms with Gasteiger partial charge in [-0.25, -0.2) is 0 Å². The molecule has 37 heavy (non-hydrogen) atoms. The predicted octanol–water partition coefficient (Wildman–Crippen LogP) is 6.27. The molecule has 1 aliphatic rings. The third kappa shape index (κ3) is 6.67. The Morgan fingerprint density at radius 3 is 2.38 bits per heavy atom. The molecule has 0 radical (unpaired) electrons. The molecule has 0 spiro atoms. The van der Waals surface area contributed by atoms with Gasteiger partial charge in [0.15, 0.2) is 5.11 Å². The van der Waals surface area contributed by atoms with Crippen molar-refractivity contribution in [1.82, 2.24) is 4.90 Å². The van der Waals surface area contributed by atoms with Crippen LogP contribution in [0.1, 0.15) is 24.0 Å². The summed E-state index contributed by atoms with van der Waals surface area (Å²) in [7, 11) is 0. The summed E-state index contributed by atoms with van der Waals surface area (Å²) >= 11 is 7.73. The van der Waals surface area contributed by atoms with Crippen LogP contribution in [-0.4, -0.2) is 34.4 Å². The quantitative estimate of drug-likeness (QED) is 0.234. The van der Waals surface area contributed by atoms with E-state index >= 15 is 0 Å². The largest absolute Gasteiger partial charge is 0.416 e. The molecular formula is C27H23F3IN3O2S. The molecule has 1 saturated heterocycles. The summed E-state index contributed by atoms with van der Waals surface area (Å²) < 4.78 is 41.0. The van der Waals surface area contributed by atoms with Gasteiger partial charge in [0.05, 0.1) is 17.7 Å². The zero-order chi connectivity index (χ0) is 26.6. The highest BCUT2D eigenvalue weighted by Crippen LogP contribution is 2.34. The number of halogens is 4. The third-order valence-electron chi connectivity index (χ3n) is 5.96. The molecule has 5 nitrogen and oxygen atoms in total. The Labute approximate surface area is 231 Å². The summed E-state index contributed by atoms with van der Waals surface area (Å²) in [5.41, 5.74) is 0.847. The number of carbonyl (C=O) groups excluding carboxylic acids is 2. The molecule has 1 heterocycles. The number of amides is 2. The van der Waals surface area contributed by atoms with E-state index in [0.29, 0.717) is 18.7 Å². The number of benzene rings is 3. The van der Waals surface area contributed by atoms with Crippen LogP contribution < -0.4 is 10.2 Å². The number of nitrogens with one attached hydrogen (secondary N) is 1. The van der Waals surface area contributed by atoms with E-state index in [1.807, 2.05) is 42.5 Å². The van der Waals surface area contributed by atoms with Crippen LogP contribution in [0.2, 0.25) is 0 Å². The molecule has 1 unspecified atom stereocenters. The molecule has 192 valence electrons. The lowest BCUT2D eigenvalue weighted by Gasteiger charge is -2.24. The fourth-order valence-corrected chi connectivity index (χ4v) is 4.94. The minimum absolute atomic E-state index is 0.0263. The number of alkyl halides is 3. The first-order chi connectivity index (χ1) is 17.6. The Balaban J connectivity index is 1.56. The average Bonchev–Trinajstić information content (AvgIpc) is 3.09. The zero-order valence-corrected chi connectivity index (χ0v) is 22.5. The van der Waals surface area contributed by atoms with Crippen molar-refractivity contribution in [3.05, 3.63) is 93.6 Å². The number of rotatable bonds is 8. The number of anilines is 2. The summed E-state index contributed by atoms with van der Waals surface area (Å²) in [6.07, 6.45) is -3.39. The van der Waals surface area contributed by atoms with E-state index in [4.69, 9.17) is 12.2 Å². The molecule has 1 N–H and O–H groups in total. The summed E-state index contributed by atoms with van der Waals surface area (Å²) in [5.74, 6) is -0.914. The van der Waals surface area contributed by atoms with E-state index < -0.39 is 23.7 Å². The molecule has 0 bridgehead atoms. The second-order valence-electron chi connectivity index (χ2n) is 8.56. The van der Waals surface area contributed by atoms with E-state index in [1.54, 1.807) is 17.0 Å². The van der Waals surface area contributed by atoms with Gasteiger partial charge in [-0.1, -0.05) is 36.4 Å². The van der Waals surface area contributed by atoms with Crippen LogP contribution in [0.5, 0.6) is 0 Å². The number of hydrogen-bond donors (Lipinski definition) is 1. The van der Waals surface area contributed by atoms with Crippen LogP contribution >= 0.6 is 34.8 Å². The highest BCUT2D eigenvalue weighted by Gasteiger charge is 2.44. The first-order valence-corrected chi connectivity index (χ1v) is 13.0. The van der Waals surface area contributed by atoms with Gasteiger partial charge in [0.2, 0.25) is 5.91 Å². The maximum atomic E-state index is 13.5. The third-order valence-corrected chi connectivity index (χ3v) is 7.10. The number of carbonyl (C=O) groups is 2. The predicted molar refractivity (Wildman–Crippen MR) is 149 cm³/mol. The van der Waals surface area contributed by atoms with Crippen LogP contribution in [0.15, 0.2) is 78.9 Å². The van der Waals surface area contributed by atoms with E-state index in [1.165, 1.54) is 12.1 Å². The normalized spacial score (nSPS) is 15.8. The van der Waals surface area contributed by atoms with Crippen molar-refractivity contribution in [3.8, 4) is 0 Å². The minimum atomic E-state index is -4.57. The molecule has 10 heteroatoms. The number of hydrogen-bond acceptors (Lipinski definition) is 3. The first-order valence-electron chi connectivity index (χ1n) is 11.5. The van der Waals surface area contributed by atoms with Crippen LogP contribution in [0.25, 0.3) is 0 Å². The molecule has 1 aliphatic heterocycles. The molecule has 3 aromatic rings. The lowest BCUT2D eigenvalue weighted by molar-refractivity contribution is -0.137. The topological polar surface area (TPSA) is 52.7 Å². The lowest BCUT2D eigenvalue weighted by Crippen LogP contribution is -2.38. The molecule has 2 amide bonds. The molecule has 1 atom stereocenters. The molecule has 1 fully saturated rings. The van der Waals surface area contributed by atoms with Gasteiger partial charge in [0, 0.05) is 15.8 Å². The Hall–Kier alpha value is -2.99. The molecule has 3 aromatic carbocycles. The van der Waals surface area contributed by atoms with Crippen LogP contribution in [0, 0.1) is 3.57 Å². The Morgan fingerprint density at radius 2 is 1.70 bits per heavy atom. The maximum absolute atomic E-state index is 13.5. The summed E-state index contributed by atoms with van der Waals surface area (Å²) in [4.78, 5) is 29.1. The Bertz CT molecular complexity index is 1290. The summed E-state index contributed by atoms with van der Waals surface area (Å²) in [6.45, 7) is 0.371. The van der Waals surface area contributed by atoms with Gasteiger partial charge in [-0.2, -0.15) is 13.2 Å². The average molecular weight is 637 g/mol. The van der Waals surface area contributed by atoms with Crippen molar-refractivity contribution in [2.45, 2.75) is 31.5 Å². The van der Waals surface area contributed by atoms with E-state index in [-0.39, 0.29) is 23.1 Å². The van der Waals surface area contributed by atoms with Gasteiger partial charge < -0.3 is 10.2 Å². The van der Waals surface area contributed by atoms with E-state index in [9.17, 15) is 22.8 Å².